The van der Waals surface area contributed by atoms with Crippen molar-refractivity contribution in [3.05, 3.63) is 40.1 Å². The first-order valence-corrected chi connectivity index (χ1v) is 14.8. The number of sulfonamides is 1. The molecule has 0 amide bonds. The van der Waals surface area contributed by atoms with Gasteiger partial charge in [0.05, 0.1) is 17.1 Å². The Balaban J connectivity index is 2.08. The van der Waals surface area contributed by atoms with E-state index in [0.29, 0.717) is 37.1 Å². The number of hydrogen-bond acceptors (Lipinski definition) is 6. The van der Waals surface area contributed by atoms with Crippen LogP contribution in [0.5, 0.6) is 0 Å². The Morgan fingerprint density at radius 3 is 2.09 bits per heavy atom. The number of rotatable bonds is 6. The predicted molar refractivity (Wildman–Crippen MR) is 133 cm³/mol. The van der Waals surface area contributed by atoms with Crippen molar-refractivity contribution in [2.45, 2.75) is 60.3 Å². The molecule has 1 aromatic rings. The molecule has 0 radical (unpaired) electrons. The van der Waals surface area contributed by atoms with Crippen LogP contribution in [0.3, 0.4) is 0 Å². The van der Waals surface area contributed by atoms with E-state index in [4.69, 9.17) is 4.18 Å². The molecule has 1 aromatic carbocycles. The molecule has 1 aliphatic carbocycles. The third kappa shape index (κ3) is 5.40. The number of nitrogens with zero attached hydrogens (tertiary/aromatic N) is 1. The molecule has 0 bridgehead atoms. The van der Waals surface area contributed by atoms with Gasteiger partial charge in [0.15, 0.2) is 5.78 Å². The third-order valence-corrected chi connectivity index (χ3v) is 9.85. The molecule has 186 valence electrons. The molecule has 1 heterocycles. The largest absolute Gasteiger partial charge is 0.386 e. The van der Waals surface area contributed by atoms with Gasteiger partial charge in [0, 0.05) is 31.5 Å². The van der Waals surface area contributed by atoms with E-state index in [0.717, 1.165) is 16.7 Å². The summed E-state index contributed by atoms with van der Waals surface area (Å²) in [4.78, 5) is 13.6. The van der Waals surface area contributed by atoms with Crippen LogP contribution in [0.25, 0.3) is 5.57 Å². The zero-order valence-corrected chi connectivity index (χ0v) is 22.2. The number of piperidine rings is 1. The molecule has 34 heavy (non-hydrogen) atoms. The summed E-state index contributed by atoms with van der Waals surface area (Å²) < 4.78 is 56.6. The monoisotopic (exact) mass is 507 g/mol. The summed E-state index contributed by atoms with van der Waals surface area (Å²) in [5, 5.41) is 0. The lowest BCUT2D eigenvalue weighted by atomic mass is 9.67. The second-order valence-corrected chi connectivity index (χ2v) is 13.3. The highest BCUT2D eigenvalue weighted by Crippen LogP contribution is 2.49. The van der Waals surface area contributed by atoms with Crippen molar-refractivity contribution in [3.63, 3.8) is 0 Å². The second kappa shape index (κ2) is 9.84. The minimum absolute atomic E-state index is 0.0308. The van der Waals surface area contributed by atoms with Gasteiger partial charge in [0.2, 0.25) is 10.0 Å². The number of hydrogen-bond donors (Lipinski definition) is 0. The first-order chi connectivity index (χ1) is 15.9. The third-order valence-electron chi connectivity index (χ3n) is 6.80. The van der Waals surface area contributed by atoms with Crippen molar-refractivity contribution in [2.75, 3.05) is 24.6 Å². The van der Waals surface area contributed by atoms with Gasteiger partial charge in [0.25, 0.3) is 0 Å². The molecule has 3 rings (SSSR count). The zero-order chi connectivity index (χ0) is 25.3. The topological polar surface area (TPSA) is 97.8 Å². The quantitative estimate of drug-likeness (QED) is 0.431. The minimum Gasteiger partial charge on any atom is -0.386 e. The lowest BCUT2D eigenvalue weighted by Crippen LogP contribution is -2.46. The Morgan fingerprint density at radius 2 is 1.59 bits per heavy atom. The molecule has 1 aliphatic heterocycles. The molecule has 0 aromatic heterocycles. The number of carbonyl (C=O) groups excluding carboxylic acids is 1. The normalized spacial score (nSPS) is 19.1. The molecular weight excluding hydrogens is 474 g/mol. The minimum atomic E-state index is -3.86. The molecule has 0 unspecified atom stereocenters. The summed E-state index contributed by atoms with van der Waals surface area (Å²) in [7, 11) is -7.17. The number of Topliss-reactive ketones (excluding diaryl/α,β-unsaturated/α-hetero) is 1. The van der Waals surface area contributed by atoms with E-state index >= 15 is 0 Å². The Hall–Kier alpha value is -2.15. The van der Waals surface area contributed by atoms with Crippen LogP contribution < -0.4 is 0 Å². The summed E-state index contributed by atoms with van der Waals surface area (Å²) in [6.07, 6.45) is 1.47. The first kappa shape index (κ1) is 26.5. The Kier molecular flexibility index (Phi) is 7.66. The molecule has 1 spiro atoms. The van der Waals surface area contributed by atoms with E-state index in [1.165, 1.54) is 11.2 Å². The molecule has 9 heteroatoms. The maximum atomic E-state index is 13.6. The van der Waals surface area contributed by atoms with Gasteiger partial charge in [-0.15, -0.1) is 5.92 Å². The van der Waals surface area contributed by atoms with Crippen LogP contribution in [0.4, 0.5) is 0 Å². The lowest BCUT2D eigenvalue weighted by Gasteiger charge is -2.43. The fourth-order valence-electron chi connectivity index (χ4n) is 4.99. The Labute approximate surface area is 203 Å². The van der Waals surface area contributed by atoms with Crippen molar-refractivity contribution in [1.29, 1.82) is 0 Å². The van der Waals surface area contributed by atoms with Gasteiger partial charge in [-0.3, -0.25) is 4.79 Å². The zero-order valence-electron chi connectivity index (χ0n) is 20.5. The highest BCUT2D eigenvalue weighted by Gasteiger charge is 2.45. The van der Waals surface area contributed by atoms with Crippen LogP contribution in [-0.2, 0) is 29.1 Å². The summed E-state index contributed by atoms with van der Waals surface area (Å²) in [5.74, 6) is 5.72. The van der Waals surface area contributed by atoms with Crippen LogP contribution in [0.15, 0.2) is 17.9 Å². The van der Waals surface area contributed by atoms with Crippen LogP contribution in [0.1, 0.15) is 68.7 Å². The average Bonchev–Trinajstić information content (AvgIpc) is 2.75. The number of benzene rings is 1. The summed E-state index contributed by atoms with van der Waals surface area (Å²) >= 11 is 0. The summed E-state index contributed by atoms with van der Waals surface area (Å²) in [6.45, 7) is 9.26. The number of allylic oxidation sites excluding steroid dienone is 2. The van der Waals surface area contributed by atoms with Gasteiger partial charge < -0.3 is 4.18 Å². The van der Waals surface area contributed by atoms with Crippen molar-refractivity contribution in [1.82, 2.24) is 4.31 Å². The van der Waals surface area contributed by atoms with Crippen LogP contribution in [0, 0.1) is 31.1 Å². The number of aryl methyl sites for hydroxylation is 2. The van der Waals surface area contributed by atoms with E-state index in [-0.39, 0.29) is 35.9 Å². The van der Waals surface area contributed by atoms with Crippen LogP contribution in [0.2, 0.25) is 0 Å². The van der Waals surface area contributed by atoms with Gasteiger partial charge in [-0.05, 0) is 81.7 Å². The SMILES string of the molecule is CC#Cc1cc(C)c(C2=C(OS(=O)(=O)CC)CC3(CCN(S(=O)(=O)CC)CC3)CC2=O)c(C)c1. The van der Waals surface area contributed by atoms with Crippen molar-refractivity contribution >= 4 is 31.5 Å². The van der Waals surface area contributed by atoms with E-state index < -0.39 is 25.6 Å². The van der Waals surface area contributed by atoms with Gasteiger partial charge >= 0.3 is 10.1 Å². The molecule has 1 fully saturated rings. The highest BCUT2D eigenvalue weighted by atomic mass is 32.2. The fourth-order valence-corrected chi connectivity index (χ4v) is 6.66. The van der Waals surface area contributed by atoms with Crippen molar-refractivity contribution in [2.24, 2.45) is 5.41 Å². The summed E-state index contributed by atoms with van der Waals surface area (Å²) in [6, 6.07) is 3.78. The van der Waals surface area contributed by atoms with Gasteiger partial charge in [-0.1, -0.05) is 5.92 Å². The summed E-state index contributed by atoms with van der Waals surface area (Å²) in [5.41, 5.74) is 2.97. The molecular formula is C25H33NO6S2. The van der Waals surface area contributed by atoms with Gasteiger partial charge in [-0.2, -0.15) is 8.42 Å². The van der Waals surface area contributed by atoms with Crippen molar-refractivity contribution in [3.8, 4) is 11.8 Å². The smallest absolute Gasteiger partial charge is 0.308 e. The molecule has 2 aliphatic rings. The standard InChI is InChI=1S/C25H33NO6S2/c1-6-9-20-14-18(4)23(19(5)15-20)24-21(27)16-25(17-22(24)32-34(30,31)8-3)10-12-26(13-11-25)33(28,29)7-2/h14-15H,7-8,10-13,16-17H2,1-5H3. The first-order valence-electron chi connectivity index (χ1n) is 11.6. The van der Waals surface area contributed by atoms with Crippen LogP contribution in [-0.4, -0.2) is 51.5 Å². The van der Waals surface area contributed by atoms with E-state index in [1.54, 1.807) is 13.8 Å². The molecule has 7 nitrogen and oxygen atoms in total. The maximum Gasteiger partial charge on any atom is 0.308 e. The van der Waals surface area contributed by atoms with Gasteiger partial charge in [-0.25, -0.2) is 12.7 Å². The maximum absolute atomic E-state index is 13.6. The molecule has 0 N–H and O–H groups in total. The van der Waals surface area contributed by atoms with E-state index in [1.807, 2.05) is 26.0 Å². The van der Waals surface area contributed by atoms with Crippen LogP contribution >= 0.6 is 0 Å². The Bertz CT molecular complexity index is 1270. The average molecular weight is 508 g/mol. The molecule has 0 atom stereocenters. The number of carbonyl (C=O) groups is 1. The van der Waals surface area contributed by atoms with Crippen molar-refractivity contribution < 1.29 is 25.8 Å². The number of ketones is 1. The molecule has 0 saturated carbocycles. The molecule has 1 saturated heterocycles. The highest BCUT2D eigenvalue weighted by molar-refractivity contribution is 7.89. The van der Waals surface area contributed by atoms with Gasteiger partial charge in [0.1, 0.15) is 5.76 Å². The van der Waals surface area contributed by atoms with E-state index in [2.05, 4.69) is 11.8 Å². The fraction of sp³-hybridized carbons (Fsp3) is 0.560. The lowest BCUT2D eigenvalue weighted by molar-refractivity contribution is -0.117. The van der Waals surface area contributed by atoms with E-state index in [9.17, 15) is 21.6 Å². The second-order valence-electron chi connectivity index (χ2n) is 9.16. The Morgan fingerprint density at radius 1 is 1.00 bits per heavy atom. The predicted octanol–water partition coefficient (Wildman–Crippen LogP) is 3.55.